The lowest BCUT2D eigenvalue weighted by atomic mass is 10.1. The monoisotopic (exact) mass is 354 g/mol. The quantitative estimate of drug-likeness (QED) is 0.888. The van der Waals surface area contributed by atoms with Gasteiger partial charge in [0.15, 0.2) is 0 Å². The van der Waals surface area contributed by atoms with Crippen LogP contribution in [0.25, 0.3) is 0 Å². The summed E-state index contributed by atoms with van der Waals surface area (Å²) in [5.74, 6) is -0.104. The van der Waals surface area contributed by atoms with Crippen LogP contribution in [0.15, 0.2) is 52.3 Å². The summed E-state index contributed by atoms with van der Waals surface area (Å²) in [6.07, 6.45) is 2.12. The average Bonchev–Trinajstić information content (AvgIpc) is 3.12. The molecule has 4 nitrogen and oxygen atoms in total. The van der Waals surface area contributed by atoms with E-state index in [1.165, 1.54) is 12.5 Å². The number of carbonyl (C=O) groups excluding carboxylic acids is 2. The normalized spacial score (nSPS) is 13.8. The first-order chi connectivity index (χ1) is 12.0. The number of anilines is 1. The highest BCUT2D eigenvalue weighted by Gasteiger charge is 2.20. The molecule has 1 saturated heterocycles. The van der Waals surface area contributed by atoms with Crippen LogP contribution >= 0.6 is 11.8 Å². The van der Waals surface area contributed by atoms with E-state index in [0.717, 1.165) is 35.7 Å². The van der Waals surface area contributed by atoms with Crippen molar-refractivity contribution in [2.45, 2.75) is 36.5 Å². The second-order valence-electron chi connectivity index (χ2n) is 6.31. The van der Waals surface area contributed by atoms with Gasteiger partial charge in [0, 0.05) is 35.4 Å². The van der Waals surface area contributed by atoms with Gasteiger partial charge in [-0.3, -0.25) is 9.59 Å². The molecule has 1 heterocycles. The molecular weight excluding hydrogens is 332 g/mol. The van der Waals surface area contributed by atoms with Gasteiger partial charge in [0.1, 0.15) is 0 Å². The van der Waals surface area contributed by atoms with E-state index in [1.807, 2.05) is 17.0 Å². The van der Waals surface area contributed by atoms with Gasteiger partial charge in [0.05, 0.1) is 5.69 Å². The van der Waals surface area contributed by atoms with E-state index in [4.69, 9.17) is 0 Å². The SMILES string of the molecule is CC(=O)Nc1cc(C(=O)N2CCCC2)ccc1Sc1ccc(C)cc1. The van der Waals surface area contributed by atoms with E-state index in [-0.39, 0.29) is 11.8 Å². The number of nitrogens with zero attached hydrogens (tertiary/aromatic N) is 1. The minimum absolute atomic E-state index is 0.0380. The summed E-state index contributed by atoms with van der Waals surface area (Å²) in [5, 5.41) is 2.86. The molecule has 2 amide bonds. The number of benzene rings is 2. The first-order valence-corrected chi connectivity index (χ1v) is 9.30. The minimum atomic E-state index is -0.142. The fourth-order valence-corrected chi connectivity index (χ4v) is 3.76. The first-order valence-electron chi connectivity index (χ1n) is 8.48. The maximum Gasteiger partial charge on any atom is 0.253 e. The van der Waals surface area contributed by atoms with Gasteiger partial charge >= 0.3 is 0 Å². The summed E-state index contributed by atoms with van der Waals surface area (Å²) < 4.78 is 0. The molecule has 0 bridgehead atoms. The van der Waals surface area contributed by atoms with Crippen LogP contribution in [0.3, 0.4) is 0 Å². The molecule has 0 saturated carbocycles. The largest absolute Gasteiger partial charge is 0.339 e. The minimum Gasteiger partial charge on any atom is -0.339 e. The van der Waals surface area contributed by atoms with E-state index in [9.17, 15) is 9.59 Å². The van der Waals surface area contributed by atoms with Crippen molar-refractivity contribution in [1.29, 1.82) is 0 Å². The molecule has 0 unspecified atom stereocenters. The molecule has 1 aliphatic heterocycles. The van der Waals surface area contributed by atoms with Gasteiger partial charge in [-0.25, -0.2) is 0 Å². The van der Waals surface area contributed by atoms with Crippen LogP contribution in [0.4, 0.5) is 5.69 Å². The number of aryl methyl sites for hydroxylation is 1. The van der Waals surface area contributed by atoms with Crippen LogP contribution < -0.4 is 5.32 Å². The fourth-order valence-electron chi connectivity index (χ4n) is 2.88. The zero-order chi connectivity index (χ0) is 17.8. The molecule has 2 aromatic rings. The number of carbonyl (C=O) groups is 2. The van der Waals surface area contributed by atoms with E-state index in [0.29, 0.717) is 11.3 Å². The van der Waals surface area contributed by atoms with E-state index >= 15 is 0 Å². The van der Waals surface area contributed by atoms with Crippen molar-refractivity contribution < 1.29 is 9.59 Å². The zero-order valence-electron chi connectivity index (χ0n) is 14.5. The standard InChI is InChI=1S/C20H22N2O2S/c1-14-5-8-17(9-6-14)25-19-10-7-16(13-18(19)21-15(2)23)20(24)22-11-3-4-12-22/h5-10,13H,3-4,11-12H2,1-2H3,(H,21,23). The predicted octanol–water partition coefficient (Wildman–Crippen LogP) is 4.34. The van der Waals surface area contributed by atoms with Crippen molar-refractivity contribution >= 4 is 29.3 Å². The molecule has 1 fully saturated rings. The van der Waals surface area contributed by atoms with Gasteiger partial charge in [-0.05, 0) is 50.1 Å². The molecule has 2 aromatic carbocycles. The molecular formula is C20H22N2O2S. The Morgan fingerprint density at radius 3 is 2.36 bits per heavy atom. The Hall–Kier alpha value is -2.27. The summed E-state index contributed by atoms with van der Waals surface area (Å²) >= 11 is 1.58. The smallest absolute Gasteiger partial charge is 0.253 e. The topological polar surface area (TPSA) is 49.4 Å². The summed E-state index contributed by atoms with van der Waals surface area (Å²) in [6.45, 7) is 5.16. The number of likely N-dealkylation sites (tertiary alicyclic amines) is 1. The molecule has 25 heavy (non-hydrogen) atoms. The third-order valence-electron chi connectivity index (χ3n) is 4.18. The Balaban J connectivity index is 1.87. The molecule has 1 aliphatic rings. The van der Waals surface area contributed by atoms with Gasteiger partial charge < -0.3 is 10.2 Å². The first kappa shape index (κ1) is 17.5. The Labute approximate surface area is 152 Å². The van der Waals surface area contributed by atoms with Crippen molar-refractivity contribution in [3.05, 3.63) is 53.6 Å². The lowest BCUT2D eigenvalue weighted by Crippen LogP contribution is -2.27. The summed E-state index contributed by atoms with van der Waals surface area (Å²) in [4.78, 5) is 28.1. The van der Waals surface area contributed by atoms with Gasteiger partial charge in [-0.15, -0.1) is 0 Å². The molecule has 5 heteroatoms. The van der Waals surface area contributed by atoms with Crippen LogP contribution in [-0.4, -0.2) is 29.8 Å². The Bertz CT molecular complexity index is 781. The van der Waals surface area contributed by atoms with Crippen molar-refractivity contribution in [1.82, 2.24) is 4.90 Å². The number of hydrogen-bond donors (Lipinski definition) is 1. The van der Waals surface area contributed by atoms with Gasteiger partial charge in [-0.1, -0.05) is 29.5 Å². The second kappa shape index (κ2) is 7.74. The molecule has 0 spiro atoms. The van der Waals surface area contributed by atoms with E-state index < -0.39 is 0 Å². The lowest BCUT2D eigenvalue weighted by Gasteiger charge is -2.17. The third kappa shape index (κ3) is 4.42. The highest BCUT2D eigenvalue weighted by atomic mass is 32.2. The predicted molar refractivity (Wildman–Crippen MR) is 101 cm³/mol. The molecule has 1 N–H and O–H groups in total. The van der Waals surface area contributed by atoms with Crippen molar-refractivity contribution in [2.75, 3.05) is 18.4 Å². The molecule has 0 radical (unpaired) electrons. The summed E-state index contributed by atoms with van der Waals surface area (Å²) in [6, 6.07) is 13.8. The highest BCUT2D eigenvalue weighted by Crippen LogP contribution is 2.34. The van der Waals surface area contributed by atoms with Crippen LogP contribution in [-0.2, 0) is 4.79 Å². The Morgan fingerprint density at radius 2 is 1.72 bits per heavy atom. The number of amides is 2. The van der Waals surface area contributed by atoms with Crippen LogP contribution in [0.5, 0.6) is 0 Å². The van der Waals surface area contributed by atoms with Gasteiger partial charge in [0.2, 0.25) is 5.91 Å². The van der Waals surface area contributed by atoms with E-state index in [1.54, 1.807) is 17.8 Å². The molecule has 3 rings (SSSR count). The highest BCUT2D eigenvalue weighted by molar-refractivity contribution is 7.99. The second-order valence-corrected chi connectivity index (χ2v) is 7.42. The Morgan fingerprint density at radius 1 is 1.04 bits per heavy atom. The van der Waals surface area contributed by atoms with Crippen LogP contribution in [0, 0.1) is 6.92 Å². The third-order valence-corrected chi connectivity index (χ3v) is 5.26. The van der Waals surface area contributed by atoms with Crippen LogP contribution in [0.1, 0.15) is 35.7 Å². The zero-order valence-corrected chi connectivity index (χ0v) is 15.4. The average molecular weight is 354 g/mol. The van der Waals surface area contributed by atoms with Gasteiger partial charge in [-0.2, -0.15) is 0 Å². The Kier molecular flexibility index (Phi) is 5.43. The van der Waals surface area contributed by atoms with Crippen molar-refractivity contribution in [2.24, 2.45) is 0 Å². The molecule has 0 aliphatic carbocycles. The molecule has 130 valence electrons. The van der Waals surface area contributed by atoms with Gasteiger partial charge in [0.25, 0.3) is 5.91 Å². The van der Waals surface area contributed by atoms with E-state index in [2.05, 4.69) is 36.5 Å². The fraction of sp³-hybridized carbons (Fsp3) is 0.300. The summed E-state index contributed by atoms with van der Waals surface area (Å²) in [5.41, 5.74) is 2.51. The number of rotatable bonds is 4. The molecule has 0 atom stereocenters. The number of nitrogens with one attached hydrogen (secondary N) is 1. The maximum absolute atomic E-state index is 12.6. The molecule has 0 aromatic heterocycles. The van der Waals surface area contributed by atoms with Crippen LogP contribution in [0.2, 0.25) is 0 Å². The van der Waals surface area contributed by atoms with Crippen molar-refractivity contribution in [3.63, 3.8) is 0 Å². The maximum atomic E-state index is 12.6. The summed E-state index contributed by atoms with van der Waals surface area (Å²) in [7, 11) is 0. The number of hydrogen-bond acceptors (Lipinski definition) is 3. The lowest BCUT2D eigenvalue weighted by molar-refractivity contribution is -0.114. The van der Waals surface area contributed by atoms with Crippen molar-refractivity contribution in [3.8, 4) is 0 Å².